The maximum Gasteiger partial charge on any atom is 0.298 e. The highest BCUT2D eigenvalue weighted by atomic mass is 32.2. The van der Waals surface area contributed by atoms with Crippen LogP contribution < -0.4 is 4.57 Å². The van der Waals surface area contributed by atoms with Gasteiger partial charge in [-0.1, -0.05) is 47.7 Å². The van der Waals surface area contributed by atoms with Crippen LogP contribution in [0.25, 0.3) is 10.2 Å². The topological polar surface area (TPSA) is 61.1 Å². The van der Waals surface area contributed by atoms with Crippen molar-refractivity contribution in [3.8, 4) is 0 Å². The molecule has 0 amide bonds. The van der Waals surface area contributed by atoms with Crippen molar-refractivity contribution in [2.45, 2.75) is 22.7 Å². The molecule has 3 rings (SSSR count). The number of thiazole rings is 1. The van der Waals surface area contributed by atoms with Crippen LogP contribution in [0, 0.1) is 6.92 Å². The molecule has 0 N–H and O–H groups in total. The number of thioether (sulfide) groups is 1. The van der Waals surface area contributed by atoms with Crippen molar-refractivity contribution in [3.63, 3.8) is 0 Å². The average molecular weight is 394 g/mol. The third-order valence-electron chi connectivity index (χ3n) is 3.37. The molecule has 0 unspecified atom stereocenters. The minimum atomic E-state index is -4.27. The van der Waals surface area contributed by atoms with E-state index in [2.05, 4.69) is 41.7 Å². The summed E-state index contributed by atoms with van der Waals surface area (Å²) < 4.78 is 36.2. The fraction of sp³-hybridized carbons (Fsp3) is 0.167. The Balaban J connectivity index is 0.000000186. The van der Waals surface area contributed by atoms with Crippen LogP contribution in [-0.2, 0) is 16.7 Å². The highest BCUT2D eigenvalue weighted by Gasteiger charge is 2.17. The van der Waals surface area contributed by atoms with E-state index in [0.29, 0.717) is 0 Å². The van der Waals surface area contributed by atoms with Gasteiger partial charge in [-0.25, -0.2) is 8.42 Å². The van der Waals surface area contributed by atoms with Crippen LogP contribution >= 0.6 is 23.1 Å². The van der Waals surface area contributed by atoms with Crippen LogP contribution in [0.3, 0.4) is 0 Å². The molecular weight excluding hydrogens is 374 g/mol. The molecule has 0 bridgehead atoms. The molecule has 25 heavy (non-hydrogen) atoms. The van der Waals surface area contributed by atoms with Gasteiger partial charge < -0.3 is 4.55 Å². The number of aryl methyl sites for hydroxylation is 1. The lowest BCUT2D eigenvalue weighted by atomic mass is 10.2. The second-order valence-corrected chi connectivity index (χ2v) is 8.67. The monoisotopic (exact) mass is 393 g/mol. The van der Waals surface area contributed by atoms with Gasteiger partial charge in [0.25, 0.3) is 4.34 Å². The normalized spacial score (nSPS) is 11.0. The van der Waals surface area contributed by atoms with Crippen molar-refractivity contribution in [3.05, 3.63) is 66.7 Å². The summed E-state index contributed by atoms with van der Waals surface area (Å²) in [4.78, 5) is -0.178. The van der Waals surface area contributed by atoms with E-state index in [0.717, 1.165) is 12.1 Å². The van der Waals surface area contributed by atoms with E-state index >= 15 is 0 Å². The van der Waals surface area contributed by atoms with E-state index in [1.807, 2.05) is 24.3 Å². The number of fused-ring (bicyclic) bond motifs is 1. The van der Waals surface area contributed by atoms with Crippen molar-refractivity contribution in [2.75, 3.05) is 6.26 Å². The van der Waals surface area contributed by atoms with E-state index in [9.17, 15) is 13.0 Å². The standard InChI is InChI=1S/C11H12NS2.C7H8O3S/c1-3-8-12-9-6-4-5-7-10(9)14-11(12)13-2;1-6-2-4-7(5-3-6)11(8,9)10/h3-7H,1,8H2,2H3;2-5H,1H3,(H,8,9,10)/q+1;/p-1. The molecule has 3 aromatic rings. The zero-order valence-electron chi connectivity index (χ0n) is 14.0. The number of nitrogens with zero attached hydrogens (tertiary/aromatic N) is 1. The number of allylic oxidation sites excluding steroid dienone is 1. The Morgan fingerprint density at radius 1 is 1.20 bits per heavy atom. The van der Waals surface area contributed by atoms with Crippen molar-refractivity contribution < 1.29 is 17.5 Å². The first-order chi connectivity index (χ1) is 11.9. The molecule has 0 atom stereocenters. The summed E-state index contributed by atoms with van der Waals surface area (Å²) in [7, 11) is -4.27. The second kappa shape index (κ2) is 8.62. The van der Waals surface area contributed by atoms with Crippen LogP contribution in [0.4, 0.5) is 0 Å². The smallest absolute Gasteiger partial charge is 0.298 e. The van der Waals surface area contributed by atoms with Gasteiger partial charge in [-0.15, -0.1) is 0 Å². The number of para-hydroxylation sites is 1. The predicted octanol–water partition coefficient (Wildman–Crippen LogP) is 4.00. The number of rotatable bonds is 4. The molecule has 0 spiro atoms. The van der Waals surface area contributed by atoms with Crippen LogP contribution in [0.1, 0.15) is 5.56 Å². The first kappa shape index (κ1) is 19.7. The molecule has 7 heteroatoms. The Morgan fingerprint density at radius 2 is 1.84 bits per heavy atom. The molecule has 1 heterocycles. The highest BCUT2D eigenvalue weighted by molar-refractivity contribution is 8.00. The third kappa shape index (κ3) is 5.15. The first-order valence-corrected chi connectivity index (χ1v) is 10.9. The second-order valence-electron chi connectivity index (χ2n) is 5.21. The minimum absolute atomic E-state index is 0.178. The lowest BCUT2D eigenvalue weighted by molar-refractivity contribution is -0.692. The lowest BCUT2D eigenvalue weighted by Gasteiger charge is -2.05. The van der Waals surface area contributed by atoms with E-state index in [-0.39, 0.29) is 4.90 Å². The number of benzene rings is 2. The quantitative estimate of drug-likeness (QED) is 0.291. The molecular formula is C18H19NO3S3. The number of aromatic nitrogens is 1. The lowest BCUT2D eigenvalue weighted by Crippen LogP contribution is -2.33. The molecule has 0 aliphatic carbocycles. The Kier molecular flexibility index (Phi) is 6.78. The molecule has 0 fully saturated rings. The molecule has 2 aromatic carbocycles. The Bertz CT molecular complexity index is 961. The van der Waals surface area contributed by atoms with E-state index in [1.165, 1.54) is 26.7 Å². The average Bonchev–Trinajstić information content (AvgIpc) is 2.93. The van der Waals surface area contributed by atoms with Crippen molar-refractivity contribution in [2.24, 2.45) is 0 Å². The van der Waals surface area contributed by atoms with Gasteiger partial charge in [0.2, 0.25) is 5.52 Å². The summed E-state index contributed by atoms with van der Waals surface area (Å²) in [5, 5.41) is 0. The van der Waals surface area contributed by atoms with Gasteiger partial charge in [-0.3, -0.25) is 0 Å². The van der Waals surface area contributed by atoms with Gasteiger partial charge in [0.1, 0.15) is 14.8 Å². The van der Waals surface area contributed by atoms with Gasteiger partial charge >= 0.3 is 0 Å². The molecule has 0 aliphatic heterocycles. The van der Waals surface area contributed by atoms with Crippen LogP contribution in [0.15, 0.2) is 70.4 Å². The van der Waals surface area contributed by atoms with Crippen molar-refractivity contribution in [1.82, 2.24) is 0 Å². The van der Waals surface area contributed by atoms with Crippen LogP contribution in [0.5, 0.6) is 0 Å². The molecule has 4 nitrogen and oxygen atoms in total. The van der Waals surface area contributed by atoms with Crippen LogP contribution in [0.2, 0.25) is 0 Å². The van der Waals surface area contributed by atoms with Gasteiger partial charge in [0, 0.05) is 6.07 Å². The summed E-state index contributed by atoms with van der Waals surface area (Å²) in [5.41, 5.74) is 2.24. The number of hydrogen-bond donors (Lipinski definition) is 0. The van der Waals surface area contributed by atoms with Crippen molar-refractivity contribution >= 4 is 43.4 Å². The zero-order chi connectivity index (χ0) is 18.4. The van der Waals surface area contributed by atoms with Gasteiger partial charge in [0.15, 0.2) is 6.54 Å². The zero-order valence-corrected chi connectivity index (χ0v) is 16.5. The molecule has 0 saturated carbocycles. The van der Waals surface area contributed by atoms with Crippen LogP contribution in [-0.4, -0.2) is 19.2 Å². The fourth-order valence-electron chi connectivity index (χ4n) is 2.17. The maximum atomic E-state index is 10.4. The van der Waals surface area contributed by atoms with E-state index < -0.39 is 10.1 Å². The molecule has 1 aromatic heterocycles. The van der Waals surface area contributed by atoms with Gasteiger partial charge in [-0.05, 0) is 49.2 Å². The molecule has 0 aliphatic rings. The summed E-state index contributed by atoms with van der Waals surface area (Å²) in [6.07, 6.45) is 4.06. The third-order valence-corrected chi connectivity index (χ3v) is 6.50. The predicted molar refractivity (Wildman–Crippen MR) is 103 cm³/mol. The summed E-state index contributed by atoms with van der Waals surface area (Å²) in [6.45, 7) is 6.50. The molecule has 0 saturated heterocycles. The number of hydrogen-bond acceptors (Lipinski definition) is 5. The molecule has 0 radical (unpaired) electrons. The van der Waals surface area contributed by atoms with Gasteiger partial charge in [-0.2, -0.15) is 4.57 Å². The highest BCUT2D eigenvalue weighted by Crippen LogP contribution is 2.26. The fourth-order valence-corrected chi connectivity index (χ4v) is 4.54. The maximum absolute atomic E-state index is 10.4. The summed E-state index contributed by atoms with van der Waals surface area (Å²) in [5.74, 6) is 0. The van der Waals surface area contributed by atoms with E-state index in [1.54, 1.807) is 23.9 Å². The Morgan fingerprint density at radius 3 is 2.40 bits per heavy atom. The summed E-state index contributed by atoms with van der Waals surface area (Å²) >= 11 is 3.64. The minimum Gasteiger partial charge on any atom is -0.744 e. The largest absolute Gasteiger partial charge is 0.744 e. The summed E-state index contributed by atoms with van der Waals surface area (Å²) in [6, 6.07) is 14.3. The Labute approximate surface area is 156 Å². The van der Waals surface area contributed by atoms with Crippen molar-refractivity contribution in [1.29, 1.82) is 0 Å². The first-order valence-electron chi connectivity index (χ1n) is 7.45. The Hall–Kier alpha value is -1.67. The van der Waals surface area contributed by atoms with Gasteiger partial charge in [0.05, 0.1) is 4.90 Å². The molecule has 132 valence electrons. The van der Waals surface area contributed by atoms with E-state index in [4.69, 9.17) is 0 Å². The SMILES string of the molecule is C=CC[n+]1c(SC)sc2ccccc21.Cc1ccc(S(=O)(=O)[O-])cc1.